The van der Waals surface area contributed by atoms with Gasteiger partial charge < -0.3 is 10.0 Å². The number of likely N-dealkylation sites (tertiary alicyclic amines) is 1. The van der Waals surface area contributed by atoms with Gasteiger partial charge in [0.1, 0.15) is 18.7 Å². The highest BCUT2D eigenvalue weighted by atomic mass is 16.3. The molecule has 2 nitrogen and oxygen atoms in total. The Hall–Kier alpha value is -2.16. The molecular formula is C21H22NO+. The van der Waals surface area contributed by atoms with Crippen LogP contribution in [-0.4, -0.2) is 18.2 Å². The molecular weight excluding hydrogens is 282 g/mol. The summed E-state index contributed by atoms with van der Waals surface area (Å²) in [5, 5.41) is 13.6. The second-order valence-electron chi connectivity index (χ2n) is 6.68. The van der Waals surface area contributed by atoms with Gasteiger partial charge >= 0.3 is 0 Å². The first-order valence-corrected chi connectivity index (χ1v) is 8.32. The third-order valence-corrected chi connectivity index (χ3v) is 5.02. The Bertz CT molecular complexity index is 814. The smallest absolute Gasteiger partial charge is 0.144 e. The molecule has 3 aromatic carbocycles. The molecule has 0 radical (unpaired) electrons. The number of fused-ring (bicyclic) bond motifs is 1. The first-order valence-electron chi connectivity index (χ1n) is 8.32. The fourth-order valence-corrected chi connectivity index (χ4v) is 3.73. The minimum Gasteiger partial charge on any atom is -0.379 e. The van der Waals surface area contributed by atoms with Crippen LogP contribution in [0.4, 0.5) is 0 Å². The molecule has 0 aromatic heterocycles. The van der Waals surface area contributed by atoms with Crippen LogP contribution in [0.5, 0.6) is 0 Å². The van der Waals surface area contributed by atoms with Gasteiger partial charge in [0.05, 0.1) is 6.54 Å². The van der Waals surface area contributed by atoms with Crippen molar-refractivity contribution in [2.24, 2.45) is 0 Å². The third kappa shape index (κ3) is 2.88. The zero-order chi connectivity index (χ0) is 15.7. The van der Waals surface area contributed by atoms with E-state index >= 15 is 0 Å². The average Bonchev–Trinajstić information content (AvgIpc) is 2.97. The minimum absolute atomic E-state index is 0.700. The molecule has 116 valence electrons. The van der Waals surface area contributed by atoms with Gasteiger partial charge in [-0.1, -0.05) is 66.7 Å². The molecule has 1 aliphatic heterocycles. The lowest BCUT2D eigenvalue weighted by Gasteiger charge is -2.22. The van der Waals surface area contributed by atoms with Crippen LogP contribution in [0.2, 0.25) is 0 Å². The second kappa shape index (κ2) is 5.80. The van der Waals surface area contributed by atoms with Crippen LogP contribution in [0.3, 0.4) is 0 Å². The van der Waals surface area contributed by atoms with Crippen LogP contribution in [0.25, 0.3) is 10.8 Å². The van der Waals surface area contributed by atoms with E-state index in [0.717, 1.165) is 31.6 Å². The molecule has 2 N–H and O–H groups in total. The SMILES string of the molecule is O[C@@]1(c2ccc3ccccc3c2)CC[NH+](Cc2ccccc2)C1. The first-order chi connectivity index (χ1) is 11.2. The van der Waals surface area contributed by atoms with E-state index in [-0.39, 0.29) is 0 Å². The van der Waals surface area contributed by atoms with Crippen molar-refractivity contribution in [3.8, 4) is 0 Å². The van der Waals surface area contributed by atoms with Gasteiger partial charge in [0.2, 0.25) is 0 Å². The molecule has 0 saturated carbocycles. The van der Waals surface area contributed by atoms with Crippen LogP contribution < -0.4 is 4.90 Å². The molecule has 23 heavy (non-hydrogen) atoms. The van der Waals surface area contributed by atoms with Crippen molar-refractivity contribution in [1.82, 2.24) is 0 Å². The monoisotopic (exact) mass is 304 g/mol. The zero-order valence-corrected chi connectivity index (χ0v) is 13.2. The summed E-state index contributed by atoms with van der Waals surface area (Å²) in [4.78, 5) is 1.45. The summed E-state index contributed by atoms with van der Waals surface area (Å²) < 4.78 is 0. The molecule has 1 aliphatic rings. The molecule has 1 saturated heterocycles. The molecule has 1 fully saturated rings. The summed E-state index contributed by atoms with van der Waals surface area (Å²) in [7, 11) is 0. The molecule has 1 unspecified atom stereocenters. The van der Waals surface area contributed by atoms with E-state index in [1.807, 2.05) is 6.07 Å². The van der Waals surface area contributed by atoms with Crippen LogP contribution in [-0.2, 0) is 12.1 Å². The Balaban J connectivity index is 1.56. The summed E-state index contributed by atoms with van der Waals surface area (Å²) >= 11 is 0. The van der Waals surface area contributed by atoms with Crippen LogP contribution >= 0.6 is 0 Å². The maximum atomic E-state index is 11.1. The molecule has 2 atom stereocenters. The van der Waals surface area contributed by atoms with Crippen molar-refractivity contribution in [1.29, 1.82) is 0 Å². The minimum atomic E-state index is -0.700. The lowest BCUT2D eigenvalue weighted by atomic mass is 9.91. The molecule has 1 heterocycles. The van der Waals surface area contributed by atoms with Crippen LogP contribution in [0, 0.1) is 0 Å². The van der Waals surface area contributed by atoms with E-state index in [1.165, 1.54) is 21.2 Å². The van der Waals surface area contributed by atoms with E-state index in [0.29, 0.717) is 0 Å². The quantitative estimate of drug-likeness (QED) is 0.763. The van der Waals surface area contributed by atoms with Gasteiger partial charge in [-0.25, -0.2) is 0 Å². The lowest BCUT2D eigenvalue weighted by molar-refractivity contribution is -0.904. The maximum absolute atomic E-state index is 11.1. The van der Waals surface area contributed by atoms with E-state index in [9.17, 15) is 5.11 Å². The average molecular weight is 304 g/mol. The third-order valence-electron chi connectivity index (χ3n) is 5.02. The largest absolute Gasteiger partial charge is 0.379 e. The number of aliphatic hydroxyl groups is 1. The van der Waals surface area contributed by atoms with Crippen LogP contribution in [0.1, 0.15) is 17.5 Å². The number of quaternary nitrogens is 1. The highest BCUT2D eigenvalue weighted by molar-refractivity contribution is 5.83. The number of hydrogen-bond donors (Lipinski definition) is 2. The molecule has 4 rings (SSSR count). The van der Waals surface area contributed by atoms with Gasteiger partial charge in [-0.2, -0.15) is 0 Å². The van der Waals surface area contributed by atoms with E-state index in [1.54, 1.807) is 0 Å². The fourth-order valence-electron chi connectivity index (χ4n) is 3.73. The molecule has 2 heteroatoms. The predicted octanol–water partition coefficient (Wildman–Crippen LogP) is 2.52. The Labute approximate surface area is 137 Å². The highest BCUT2D eigenvalue weighted by Gasteiger charge is 2.41. The zero-order valence-electron chi connectivity index (χ0n) is 13.2. The predicted molar refractivity (Wildman–Crippen MR) is 93.3 cm³/mol. The fraction of sp³-hybridized carbons (Fsp3) is 0.238. The highest BCUT2D eigenvalue weighted by Crippen LogP contribution is 2.28. The van der Waals surface area contributed by atoms with Gasteiger partial charge in [-0.3, -0.25) is 0 Å². The van der Waals surface area contributed by atoms with Crippen molar-refractivity contribution in [2.45, 2.75) is 18.6 Å². The number of rotatable bonds is 3. The molecule has 0 bridgehead atoms. The first kappa shape index (κ1) is 14.4. The van der Waals surface area contributed by atoms with Crippen molar-refractivity contribution >= 4 is 10.8 Å². The van der Waals surface area contributed by atoms with Crippen molar-refractivity contribution in [3.63, 3.8) is 0 Å². The standard InChI is InChI=1S/C21H21NO/c23-21(20-11-10-18-8-4-5-9-19(18)14-20)12-13-22(16-21)15-17-6-2-1-3-7-17/h1-11,14,23H,12-13,15-16H2/p+1/t21-/m0/s1. The summed E-state index contributed by atoms with van der Waals surface area (Å²) in [6.07, 6.45) is 0.827. The van der Waals surface area contributed by atoms with Gasteiger partial charge in [-0.15, -0.1) is 0 Å². The van der Waals surface area contributed by atoms with E-state index in [2.05, 4.69) is 66.7 Å². The normalized spacial score (nSPS) is 24.1. The lowest BCUT2D eigenvalue weighted by Crippen LogP contribution is -3.09. The van der Waals surface area contributed by atoms with Gasteiger partial charge in [0.15, 0.2) is 0 Å². The van der Waals surface area contributed by atoms with Crippen molar-refractivity contribution in [2.75, 3.05) is 13.1 Å². The number of hydrogen-bond acceptors (Lipinski definition) is 1. The van der Waals surface area contributed by atoms with E-state index in [4.69, 9.17) is 0 Å². The summed E-state index contributed by atoms with van der Waals surface area (Å²) in [6.45, 7) is 2.77. The summed E-state index contributed by atoms with van der Waals surface area (Å²) in [5.41, 5.74) is 1.69. The molecule has 0 amide bonds. The Morgan fingerprint density at radius 1 is 0.870 bits per heavy atom. The van der Waals surface area contributed by atoms with Gasteiger partial charge in [0.25, 0.3) is 0 Å². The molecule has 3 aromatic rings. The van der Waals surface area contributed by atoms with Gasteiger partial charge in [-0.05, 0) is 22.4 Å². The van der Waals surface area contributed by atoms with Crippen molar-refractivity contribution < 1.29 is 10.0 Å². The maximum Gasteiger partial charge on any atom is 0.144 e. The van der Waals surface area contributed by atoms with Gasteiger partial charge in [0, 0.05) is 12.0 Å². The molecule has 0 spiro atoms. The number of nitrogens with one attached hydrogen (secondary N) is 1. The summed E-state index contributed by atoms with van der Waals surface area (Å²) in [5.74, 6) is 0. The van der Waals surface area contributed by atoms with E-state index < -0.39 is 5.60 Å². The Kier molecular flexibility index (Phi) is 3.64. The Morgan fingerprint density at radius 2 is 1.61 bits per heavy atom. The topological polar surface area (TPSA) is 24.7 Å². The van der Waals surface area contributed by atoms with Crippen molar-refractivity contribution in [3.05, 3.63) is 83.9 Å². The number of benzene rings is 3. The second-order valence-corrected chi connectivity index (χ2v) is 6.68. The summed E-state index contributed by atoms with van der Waals surface area (Å²) in [6, 6.07) is 25.3. The Morgan fingerprint density at radius 3 is 2.43 bits per heavy atom. The molecule has 0 aliphatic carbocycles. The van der Waals surface area contributed by atoms with Crippen LogP contribution in [0.15, 0.2) is 72.8 Å².